The van der Waals surface area contributed by atoms with Crippen molar-refractivity contribution in [2.75, 3.05) is 0 Å². The van der Waals surface area contributed by atoms with Gasteiger partial charge in [0.25, 0.3) is 0 Å². The van der Waals surface area contributed by atoms with Gasteiger partial charge in [0.1, 0.15) is 12.4 Å². The van der Waals surface area contributed by atoms with Crippen LogP contribution in [0.3, 0.4) is 0 Å². The summed E-state index contributed by atoms with van der Waals surface area (Å²) in [6.45, 7) is 1.43. The normalized spacial score (nSPS) is 10.6. The second-order valence-electron chi connectivity index (χ2n) is 3.99. The maximum atomic E-state index is 13.5. The fraction of sp³-hybridized carbons (Fsp3) is 0.154. The summed E-state index contributed by atoms with van der Waals surface area (Å²) in [5, 5.41) is 8.77. The number of hydrogen-bond donors (Lipinski definition) is 1. The molecule has 0 fully saturated rings. The number of aromatic carboxylic acids is 1. The van der Waals surface area contributed by atoms with Gasteiger partial charge in [-0.3, -0.25) is 0 Å². The molecule has 0 saturated carbocycles. The summed E-state index contributed by atoms with van der Waals surface area (Å²) in [5.41, 5.74) is 0.446. The molecular weight excluding hydrogens is 338 g/mol. The van der Waals surface area contributed by atoms with Crippen molar-refractivity contribution in [1.82, 2.24) is 0 Å². The summed E-state index contributed by atoms with van der Waals surface area (Å²) in [4.78, 5) is 10.7. The van der Waals surface area contributed by atoms with Crippen LogP contribution in [-0.4, -0.2) is 11.1 Å². The van der Waals surface area contributed by atoms with E-state index in [0.29, 0.717) is 15.8 Å². The van der Waals surface area contributed by atoms with Crippen molar-refractivity contribution in [2.45, 2.75) is 13.5 Å². The minimum atomic E-state index is -1.21. The van der Waals surface area contributed by atoms with Crippen molar-refractivity contribution >= 4 is 21.9 Å². The number of ether oxygens (including phenoxy) is 1. The fourth-order valence-electron chi connectivity index (χ4n) is 1.56. The number of rotatable bonds is 4. The van der Waals surface area contributed by atoms with Gasteiger partial charge in [-0.25, -0.2) is 9.18 Å². The molecule has 7 heteroatoms. The molecule has 0 bridgehead atoms. The van der Waals surface area contributed by atoms with Crippen molar-refractivity contribution in [3.63, 3.8) is 0 Å². The Bertz CT molecular complexity index is 667. The van der Waals surface area contributed by atoms with E-state index < -0.39 is 17.6 Å². The van der Waals surface area contributed by atoms with E-state index in [1.54, 1.807) is 6.92 Å². The average Bonchev–Trinajstić information content (AvgIpc) is 2.74. The smallest absolute Gasteiger partial charge is 0.371 e. The lowest BCUT2D eigenvalue weighted by molar-refractivity contribution is 0.0661. The molecule has 2 aromatic rings. The quantitative estimate of drug-likeness (QED) is 0.852. The Labute approximate surface area is 121 Å². The number of furan rings is 1. The number of carboxylic acid groups (broad SMARTS) is 1. The van der Waals surface area contributed by atoms with Gasteiger partial charge < -0.3 is 14.3 Å². The van der Waals surface area contributed by atoms with Gasteiger partial charge in [0.15, 0.2) is 11.6 Å². The minimum absolute atomic E-state index is 0.130. The van der Waals surface area contributed by atoms with Crippen LogP contribution in [0.5, 0.6) is 5.75 Å². The molecule has 2 rings (SSSR count). The third-order valence-electron chi connectivity index (χ3n) is 2.57. The summed E-state index contributed by atoms with van der Waals surface area (Å²) in [7, 11) is 0. The standard InChI is InChI=1S/C13H9BrF2O4/c1-6-7(2-11(20-6)13(17)18)5-19-10-4-8(14)3-9(15)12(10)16/h2-4H,5H2,1H3,(H,17,18). The van der Waals surface area contributed by atoms with Crippen molar-refractivity contribution in [1.29, 1.82) is 0 Å². The summed E-state index contributed by atoms with van der Waals surface area (Å²) >= 11 is 3.03. The fourth-order valence-corrected chi connectivity index (χ4v) is 1.97. The first kappa shape index (κ1) is 14.5. The number of benzene rings is 1. The Hall–Kier alpha value is -1.89. The second kappa shape index (κ2) is 5.62. The monoisotopic (exact) mass is 346 g/mol. The van der Waals surface area contributed by atoms with E-state index in [1.807, 2.05) is 0 Å². The number of carboxylic acids is 1. The highest BCUT2D eigenvalue weighted by Gasteiger charge is 2.15. The van der Waals surface area contributed by atoms with E-state index in [4.69, 9.17) is 14.3 Å². The molecule has 106 valence electrons. The summed E-state index contributed by atoms with van der Waals surface area (Å²) in [6, 6.07) is 3.55. The third kappa shape index (κ3) is 2.98. The average molecular weight is 347 g/mol. The summed E-state index contributed by atoms with van der Waals surface area (Å²) in [5.74, 6) is -3.51. The lowest BCUT2D eigenvalue weighted by Crippen LogP contribution is -1.99. The van der Waals surface area contributed by atoms with Crippen molar-refractivity contribution < 1.29 is 27.8 Å². The zero-order valence-electron chi connectivity index (χ0n) is 10.2. The van der Waals surface area contributed by atoms with Crippen molar-refractivity contribution in [3.8, 4) is 5.75 Å². The van der Waals surface area contributed by atoms with Crippen molar-refractivity contribution in [2.24, 2.45) is 0 Å². The second-order valence-corrected chi connectivity index (χ2v) is 4.90. The van der Waals surface area contributed by atoms with Gasteiger partial charge in [0.2, 0.25) is 11.6 Å². The molecule has 0 saturated heterocycles. The van der Waals surface area contributed by atoms with Gasteiger partial charge in [0.05, 0.1) is 0 Å². The highest BCUT2D eigenvalue weighted by molar-refractivity contribution is 9.10. The van der Waals surface area contributed by atoms with Crippen LogP contribution in [0.1, 0.15) is 21.9 Å². The largest absolute Gasteiger partial charge is 0.486 e. The third-order valence-corrected chi connectivity index (χ3v) is 3.03. The molecule has 1 heterocycles. The number of hydrogen-bond acceptors (Lipinski definition) is 3. The van der Waals surface area contributed by atoms with Crippen LogP contribution in [0.15, 0.2) is 27.1 Å². The number of halogens is 3. The lowest BCUT2D eigenvalue weighted by Gasteiger charge is -2.07. The zero-order valence-corrected chi connectivity index (χ0v) is 11.8. The molecule has 20 heavy (non-hydrogen) atoms. The predicted molar refractivity (Wildman–Crippen MR) is 68.8 cm³/mol. The van der Waals surface area contributed by atoms with Crippen LogP contribution in [-0.2, 0) is 6.61 Å². The van der Waals surface area contributed by atoms with Crippen molar-refractivity contribution in [3.05, 3.63) is 51.4 Å². The van der Waals surface area contributed by atoms with E-state index >= 15 is 0 Å². The van der Waals surface area contributed by atoms with Gasteiger partial charge in [-0.2, -0.15) is 4.39 Å². The number of carbonyl (C=O) groups is 1. The molecule has 0 amide bonds. The van der Waals surface area contributed by atoms with Gasteiger partial charge in [-0.05, 0) is 25.1 Å². The Morgan fingerprint density at radius 3 is 2.70 bits per heavy atom. The Morgan fingerprint density at radius 1 is 1.40 bits per heavy atom. The van der Waals surface area contributed by atoms with E-state index in [1.165, 1.54) is 12.1 Å². The SMILES string of the molecule is Cc1oc(C(=O)O)cc1COc1cc(Br)cc(F)c1F. The van der Waals surface area contributed by atoms with Crippen LogP contribution < -0.4 is 4.74 Å². The first-order chi connectivity index (χ1) is 9.38. The summed E-state index contributed by atoms with van der Waals surface area (Å²) in [6.07, 6.45) is 0. The molecule has 0 atom stereocenters. The van der Waals surface area contributed by atoms with Gasteiger partial charge in [-0.1, -0.05) is 15.9 Å². The van der Waals surface area contributed by atoms with Crippen LogP contribution in [0.4, 0.5) is 8.78 Å². The highest BCUT2D eigenvalue weighted by Crippen LogP contribution is 2.26. The maximum absolute atomic E-state index is 13.5. The maximum Gasteiger partial charge on any atom is 0.371 e. The zero-order chi connectivity index (χ0) is 14.9. The topological polar surface area (TPSA) is 59.7 Å². The van der Waals surface area contributed by atoms with Crippen LogP contribution in [0.2, 0.25) is 0 Å². The van der Waals surface area contributed by atoms with Gasteiger partial charge in [0, 0.05) is 10.0 Å². The van der Waals surface area contributed by atoms with E-state index in [0.717, 1.165) is 6.07 Å². The Kier molecular flexibility index (Phi) is 4.08. The summed E-state index contributed by atoms with van der Waals surface area (Å²) < 4.78 is 37.1. The molecule has 0 unspecified atom stereocenters. The van der Waals surface area contributed by atoms with Gasteiger partial charge in [-0.15, -0.1) is 0 Å². The minimum Gasteiger partial charge on any atom is -0.486 e. The first-order valence-corrected chi connectivity index (χ1v) is 6.27. The molecule has 0 aliphatic heterocycles. The molecule has 0 spiro atoms. The first-order valence-electron chi connectivity index (χ1n) is 5.48. The predicted octanol–water partition coefficient (Wildman–Crippen LogP) is 3.91. The Morgan fingerprint density at radius 2 is 2.10 bits per heavy atom. The molecule has 0 aliphatic carbocycles. The molecule has 1 aromatic heterocycles. The number of aryl methyl sites for hydroxylation is 1. The lowest BCUT2D eigenvalue weighted by atomic mass is 10.2. The molecular formula is C13H9BrF2O4. The Balaban J connectivity index is 2.19. The molecule has 1 N–H and O–H groups in total. The molecule has 4 nitrogen and oxygen atoms in total. The molecule has 0 radical (unpaired) electrons. The highest BCUT2D eigenvalue weighted by atomic mass is 79.9. The van der Waals surface area contributed by atoms with Crippen LogP contribution in [0, 0.1) is 18.6 Å². The van der Waals surface area contributed by atoms with E-state index in [9.17, 15) is 13.6 Å². The van der Waals surface area contributed by atoms with Crippen LogP contribution in [0.25, 0.3) is 0 Å². The van der Waals surface area contributed by atoms with E-state index in [2.05, 4.69) is 15.9 Å². The molecule has 0 aliphatic rings. The molecule has 1 aromatic carbocycles. The van der Waals surface area contributed by atoms with Gasteiger partial charge >= 0.3 is 5.97 Å². The van der Waals surface area contributed by atoms with Crippen LogP contribution >= 0.6 is 15.9 Å². The van der Waals surface area contributed by atoms with E-state index in [-0.39, 0.29) is 18.1 Å².